The molecule has 0 unspecified atom stereocenters. The Bertz CT molecular complexity index is 862. The van der Waals surface area contributed by atoms with E-state index in [1.54, 1.807) is 30.5 Å². The second-order valence-corrected chi connectivity index (χ2v) is 7.41. The molecule has 0 saturated carbocycles. The zero-order valence-electron chi connectivity index (χ0n) is 17.9. The Balaban J connectivity index is 1.51. The van der Waals surface area contributed by atoms with E-state index in [0.717, 1.165) is 26.1 Å². The Morgan fingerprint density at radius 2 is 1.97 bits per heavy atom. The summed E-state index contributed by atoms with van der Waals surface area (Å²) in [5, 5.41) is 26.3. The topological polar surface area (TPSA) is 141 Å². The van der Waals surface area contributed by atoms with Crippen molar-refractivity contribution in [1.82, 2.24) is 20.2 Å². The highest BCUT2D eigenvalue weighted by atomic mass is 17.1. The number of benzene rings is 1. The van der Waals surface area contributed by atoms with Crippen LogP contribution in [0.15, 0.2) is 30.5 Å². The molecule has 1 aliphatic rings. The van der Waals surface area contributed by atoms with Crippen LogP contribution in [-0.2, 0) is 0 Å². The molecule has 1 aromatic carbocycles. The van der Waals surface area contributed by atoms with Crippen LogP contribution in [-0.4, -0.2) is 70.7 Å². The third-order valence-electron chi connectivity index (χ3n) is 4.96. The third-order valence-corrected chi connectivity index (χ3v) is 4.96. The van der Waals surface area contributed by atoms with Gasteiger partial charge in [-0.25, -0.2) is 15.0 Å². The number of rotatable bonds is 13. The lowest BCUT2D eigenvalue weighted by molar-refractivity contribution is -0.139. The molecule has 11 nitrogen and oxygen atoms in total. The molecule has 1 aromatic heterocycles. The van der Waals surface area contributed by atoms with E-state index >= 15 is 0 Å². The summed E-state index contributed by atoms with van der Waals surface area (Å²) < 4.78 is 5.83. The molecule has 3 rings (SSSR count). The Morgan fingerprint density at radius 3 is 2.75 bits per heavy atom. The molecule has 0 atom stereocenters. The van der Waals surface area contributed by atoms with Crippen LogP contribution in [0.4, 0.5) is 22.2 Å². The van der Waals surface area contributed by atoms with Gasteiger partial charge in [0, 0.05) is 37.6 Å². The quantitative estimate of drug-likeness (QED) is 0.177. The van der Waals surface area contributed by atoms with Gasteiger partial charge in [-0.15, -0.1) is 0 Å². The first-order valence-corrected chi connectivity index (χ1v) is 10.8. The van der Waals surface area contributed by atoms with Crippen molar-refractivity contribution in [3.63, 3.8) is 0 Å². The Morgan fingerprint density at radius 1 is 1.12 bits per heavy atom. The lowest BCUT2D eigenvalue weighted by atomic mass is 10.2. The highest BCUT2D eigenvalue weighted by Crippen LogP contribution is 2.31. The molecule has 1 saturated heterocycles. The molecule has 174 valence electrons. The third kappa shape index (κ3) is 7.75. The fraction of sp³-hybridized carbons (Fsp3) is 0.476. The van der Waals surface area contributed by atoms with Crippen molar-refractivity contribution in [2.24, 2.45) is 0 Å². The van der Waals surface area contributed by atoms with Crippen molar-refractivity contribution in [2.75, 3.05) is 50.0 Å². The van der Waals surface area contributed by atoms with Gasteiger partial charge in [0.2, 0.25) is 11.7 Å². The van der Waals surface area contributed by atoms with E-state index in [1.165, 1.54) is 12.8 Å². The predicted octanol–water partition coefficient (Wildman–Crippen LogP) is 3.01. The van der Waals surface area contributed by atoms with Crippen LogP contribution in [0.25, 0.3) is 0 Å². The first-order chi connectivity index (χ1) is 15.6. The van der Waals surface area contributed by atoms with E-state index in [2.05, 4.69) is 35.7 Å². The average Bonchev–Trinajstić information content (AvgIpc) is 3.30. The minimum Gasteiger partial charge on any atom is -0.489 e. The van der Waals surface area contributed by atoms with E-state index in [9.17, 15) is 4.79 Å². The van der Waals surface area contributed by atoms with Gasteiger partial charge in [0.05, 0.1) is 6.61 Å². The van der Waals surface area contributed by atoms with Gasteiger partial charge < -0.3 is 35.6 Å². The van der Waals surface area contributed by atoms with Gasteiger partial charge in [0.25, 0.3) is 0 Å². The van der Waals surface area contributed by atoms with Crippen molar-refractivity contribution in [2.45, 2.75) is 25.7 Å². The number of likely N-dealkylation sites (tertiary alicyclic amines) is 1. The van der Waals surface area contributed by atoms with Crippen molar-refractivity contribution in [3.05, 3.63) is 30.5 Å². The summed E-state index contributed by atoms with van der Waals surface area (Å²) in [5.41, 5.74) is 0.683. The van der Waals surface area contributed by atoms with Crippen LogP contribution in [0.5, 0.6) is 11.5 Å². The van der Waals surface area contributed by atoms with Crippen molar-refractivity contribution >= 4 is 23.5 Å². The van der Waals surface area contributed by atoms with Gasteiger partial charge in [-0.3, -0.25) is 0 Å². The second kappa shape index (κ2) is 12.5. The first-order valence-electron chi connectivity index (χ1n) is 10.8. The smallest absolute Gasteiger partial charge is 0.404 e. The van der Waals surface area contributed by atoms with Crippen LogP contribution >= 0.6 is 0 Å². The second-order valence-electron chi connectivity index (χ2n) is 7.41. The molecule has 0 radical (unpaired) electrons. The number of hydrogen-bond acceptors (Lipinski definition) is 9. The van der Waals surface area contributed by atoms with Gasteiger partial charge in [-0.1, -0.05) is 0 Å². The maximum Gasteiger partial charge on any atom is 0.404 e. The number of anilines is 3. The number of aromatic nitrogens is 2. The van der Waals surface area contributed by atoms with E-state index in [1.807, 2.05) is 0 Å². The van der Waals surface area contributed by atoms with Gasteiger partial charge in [0.15, 0.2) is 5.75 Å². The summed E-state index contributed by atoms with van der Waals surface area (Å²) in [6, 6.07) is 6.79. The van der Waals surface area contributed by atoms with Crippen molar-refractivity contribution < 1.29 is 24.8 Å². The Hall–Kier alpha value is -3.31. The van der Waals surface area contributed by atoms with Crippen LogP contribution in [0.1, 0.15) is 25.7 Å². The lowest BCUT2D eigenvalue weighted by Crippen LogP contribution is -2.23. The van der Waals surface area contributed by atoms with Crippen LogP contribution in [0.2, 0.25) is 0 Å². The summed E-state index contributed by atoms with van der Waals surface area (Å²) in [7, 11) is 0. The van der Waals surface area contributed by atoms with Gasteiger partial charge in [0.1, 0.15) is 5.82 Å². The highest BCUT2D eigenvalue weighted by molar-refractivity contribution is 5.64. The predicted molar refractivity (Wildman–Crippen MR) is 120 cm³/mol. The fourth-order valence-corrected chi connectivity index (χ4v) is 3.40. The number of carbonyl (C=O) groups is 1. The standard InChI is InChI=1S/C21H30N6O5/c28-21(29)24-9-3-8-22-19-7-10-23-20(26-19)25-16-5-6-17(32-30)18(15-16)31-14-4-13-27-11-1-2-12-27/h5-7,10,15,24,30H,1-4,8-9,11-14H2,(H,28,29)(H2,22,23,25,26). The molecule has 1 aliphatic heterocycles. The normalized spacial score (nSPS) is 13.5. The van der Waals surface area contributed by atoms with E-state index in [0.29, 0.717) is 49.3 Å². The number of nitrogens with zero attached hydrogens (tertiary/aromatic N) is 3. The van der Waals surface area contributed by atoms with Crippen LogP contribution < -0.4 is 25.6 Å². The molecule has 0 aliphatic carbocycles. The Kier molecular flexibility index (Phi) is 9.14. The zero-order valence-corrected chi connectivity index (χ0v) is 17.9. The number of amides is 1. The molecular weight excluding hydrogens is 416 g/mol. The number of hydrogen-bond donors (Lipinski definition) is 5. The summed E-state index contributed by atoms with van der Waals surface area (Å²) >= 11 is 0. The van der Waals surface area contributed by atoms with E-state index in [4.69, 9.17) is 15.1 Å². The van der Waals surface area contributed by atoms with Gasteiger partial charge in [-0.05, 0) is 57.0 Å². The molecular formula is C21H30N6O5. The van der Waals surface area contributed by atoms with Crippen molar-refractivity contribution in [3.8, 4) is 11.5 Å². The monoisotopic (exact) mass is 446 g/mol. The number of nitrogens with one attached hydrogen (secondary N) is 3. The summed E-state index contributed by atoms with van der Waals surface area (Å²) in [4.78, 5) is 25.9. The largest absolute Gasteiger partial charge is 0.489 e. The van der Waals surface area contributed by atoms with Gasteiger partial charge >= 0.3 is 6.09 Å². The molecule has 1 fully saturated rings. The lowest BCUT2D eigenvalue weighted by Gasteiger charge is -2.15. The van der Waals surface area contributed by atoms with E-state index in [-0.39, 0.29) is 5.75 Å². The van der Waals surface area contributed by atoms with Crippen LogP contribution in [0.3, 0.4) is 0 Å². The first kappa shape index (κ1) is 23.4. The Labute approximate surface area is 186 Å². The minimum atomic E-state index is -1.04. The molecule has 0 spiro atoms. The average molecular weight is 447 g/mol. The molecule has 2 heterocycles. The zero-order chi connectivity index (χ0) is 22.6. The molecule has 32 heavy (non-hydrogen) atoms. The highest BCUT2D eigenvalue weighted by Gasteiger charge is 2.12. The van der Waals surface area contributed by atoms with Gasteiger partial charge in [-0.2, -0.15) is 4.98 Å². The maximum atomic E-state index is 10.4. The summed E-state index contributed by atoms with van der Waals surface area (Å²) in [5.74, 6) is 1.67. The minimum absolute atomic E-state index is 0.239. The molecule has 11 heteroatoms. The van der Waals surface area contributed by atoms with E-state index < -0.39 is 6.09 Å². The molecule has 0 bridgehead atoms. The number of carboxylic acid groups (broad SMARTS) is 1. The number of ether oxygens (including phenoxy) is 1. The maximum absolute atomic E-state index is 10.4. The van der Waals surface area contributed by atoms with Crippen LogP contribution in [0, 0.1) is 0 Å². The summed E-state index contributed by atoms with van der Waals surface area (Å²) in [6.45, 7) is 4.73. The molecule has 5 N–H and O–H groups in total. The summed E-state index contributed by atoms with van der Waals surface area (Å²) in [6.07, 6.45) is 4.62. The SMILES string of the molecule is O=C(O)NCCCNc1ccnc(Nc2ccc(OO)c(OCCCN3CCCC3)c2)n1. The van der Waals surface area contributed by atoms with Crippen molar-refractivity contribution in [1.29, 1.82) is 0 Å². The molecule has 1 amide bonds. The fourth-order valence-electron chi connectivity index (χ4n) is 3.40. The molecule has 2 aromatic rings.